The van der Waals surface area contributed by atoms with Crippen LogP contribution >= 0.6 is 0 Å². The number of aliphatic hydroxyl groups is 1. The Morgan fingerprint density at radius 3 is 2.12 bits per heavy atom. The Morgan fingerprint density at radius 1 is 1.09 bits per heavy atom. The van der Waals surface area contributed by atoms with Crippen LogP contribution in [0.15, 0.2) is 41.5 Å². The van der Waals surface area contributed by atoms with Gasteiger partial charge in [0.25, 0.3) is 0 Å². The highest BCUT2D eigenvalue weighted by molar-refractivity contribution is 5.67. The number of carbonyl (C=O) groups is 1. The highest BCUT2D eigenvalue weighted by atomic mass is 19.4. The second-order valence-corrected chi connectivity index (χ2v) is 9.56. The quantitative estimate of drug-likeness (QED) is 0.540. The zero-order chi connectivity index (χ0) is 26.1. The van der Waals surface area contributed by atoms with Crippen LogP contribution in [-0.2, 0) is 15.9 Å². The van der Waals surface area contributed by atoms with Gasteiger partial charge in [0.15, 0.2) is 5.43 Å². The molecular formula is C23H29F4N3O4. The maximum atomic E-state index is 13.8. The maximum Gasteiger partial charge on any atom is 0.422 e. The number of nitrogens with zero attached hydrogens (tertiary/aromatic N) is 1. The molecule has 1 aromatic carbocycles. The van der Waals surface area contributed by atoms with Gasteiger partial charge in [0.05, 0.1) is 11.1 Å². The summed E-state index contributed by atoms with van der Waals surface area (Å²) in [6.07, 6.45) is -3.84. The first-order chi connectivity index (χ1) is 15.4. The SMILES string of the molecule is CC(C)(C)OC(=O)NCC(C)(C)n1cc(-c2ccc(F)cc2)c(=O)c(C(O)(CN)C(F)(F)F)c1. The molecule has 0 bridgehead atoms. The molecule has 1 amide bonds. The topological polar surface area (TPSA) is 107 Å². The van der Waals surface area contributed by atoms with Crippen LogP contribution in [-0.4, -0.2) is 40.6 Å². The molecule has 0 aliphatic carbocycles. The van der Waals surface area contributed by atoms with E-state index in [2.05, 4.69) is 5.32 Å². The summed E-state index contributed by atoms with van der Waals surface area (Å²) in [4.78, 5) is 25.2. The van der Waals surface area contributed by atoms with E-state index in [1.54, 1.807) is 34.6 Å². The van der Waals surface area contributed by atoms with Gasteiger partial charge in [-0.3, -0.25) is 4.79 Å². The Morgan fingerprint density at radius 2 is 1.65 bits per heavy atom. The number of carbonyl (C=O) groups excluding carboxylic acids is 1. The number of hydrogen-bond acceptors (Lipinski definition) is 5. The third-order valence-electron chi connectivity index (χ3n) is 5.15. The number of rotatable bonds is 6. The molecule has 0 radical (unpaired) electrons. The Hall–Kier alpha value is -2.92. The minimum absolute atomic E-state index is 0.0971. The number of hydrogen-bond donors (Lipinski definition) is 3. The first kappa shape index (κ1) is 27.3. The van der Waals surface area contributed by atoms with Crippen molar-refractivity contribution < 1.29 is 32.2 Å². The van der Waals surface area contributed by atoms with Crippen molar-refractivity contribution >= 4 is 6.09 Å². The second kappa shape index (κ2) is 9.38. The third kappa shape index (κ3) is 5.95. The lowest BCUT2D eigenvalue weighted by Gasteiger charge is -2.34. The molecule has 1 heterocycles. The second-order valence-electron chi connectivity index (χ2n) is 9.56. The molecule has 0 saturated heterocycles. The minimum atomic E-state index is -5.25. The largest absolute Gasteiger partial charge is 0.444 e. The van der Waals surface area contributed by atoms with E-state index in [1.165, 1.54) is 22.9 Å². The van der Waals surface area contributed by atoms with Crippen molar-refractivity contribution in [1.29, 1.82) is 0 Å². The molecule has 0 fully saturated rings. The average molecular weight is 487 g/mol. The summed E-state index contributed by atoms with van der Waals surface area (Å²) >= 11 is 0. The van der Waals surface area contributed by atoms with Gasteiger partial charge in [-0.05, 0) is 52.3 Å². The van der Waals surface area contributed by atoms with Crippen molar-refractivity contribution in [3.63, 3.8) is 0 Å². The average Bonchev–Trinajstić information content (AvgIpc) is 2.70. The van der Waals surface area contributed by atoms with E-state index in [0.29, 0.717) is 0 Å². The van der Waals surface area contributed by atoms with Crippen molar-refractivity contribution in [2.75, 3.05) is 13.1 Å². The van der Waals surface area contributed by atoms with Crippen molar-refractivity contribution in [3.05, 3.63) is 58.3 Å². The maximum absolute atomic E-state index is 13.8. The summed E-state index contributed by atoms with van der Waals surface area (Å²) in [6.45, 7) is 6.82. The van der Waals surface area contributed by atoms with Crippen LogP contribution in [0.3, 0.4) is 0 Å². The molecule has 7 nitrogen and oxygen atoms in total. The van der Waals surface area contributed by atoms with Crippen molar-refractivity contribution in [2.24, 2.45) is 5.73 Å². The summed E-state index contributed by atoms with van der Waals surface area (Å²) in [5.74, 6) is -0.601. The van der Waals surface area contributed by atoms with Crippen LogP contribution in [0, 0.1) is 5.82 Å². The molecule has 0 spiro atoms. The third-order valence-corrected chi connectivity index (χ3v) is 5.15. The lowest BCUT2D eigenvalue weighted by molar-refractivity contribution is -0.262. The molecule has 0 saturated carbocycles. The van der Waals surface area contributed by atoms with Crippen LogP contribution in [0.4, 0.5) is 22.4 Å². The van der Waals surface area contributed by atoms with E-state index in [4.69, 9.17) is 10.5 Å². The fraction of sp³-hybridized carbons (Fsp3) is 0.478. The fourth-order valence-corrected chi connectivity index (χ4v) is 3.13. The van der Waals surface area contributed by atoms with Crippen LogP contribution < -0.4 is 16.5 Å². The van der Waals surface area contributed by atoms with Gasteiger partial charge in [0, 0.05) is 31.0 Å². The van der Waals surface area contributed by atoms with Crippen molar-refractivity contribution in [1.82, 2.24) is 9.88 Å². The van der Waals surface area contributed by atoms with Gasteiger partial charge in [-0.25, -0.2) is 9.18 Å². The molecule has 1 aromatic heterocycles. The summed E-state index contributed by atoms with van der Waals surface area (Å²) in [6, 6.07) is 4.59. The number of ether oxygens (including phenoxy) is 1. The highest BCUT2D eigenvalue weighted by Crippen LogP contribution is 2.38. The molecule has 2 aromatic rings. The predicted octanol–water partition coefficient (Wildman–Crippen LogP) is 3.62. The van der Waals surface area contributed by atoms with Gasteiger partial charge in [-0.15, -0.1) is 0 Å². The van der Waals surface area contributed by atoms with Gasteiger partial charge in [0.2, 0.25) is 5.60 Å². The zero-order valence-electron chi connectivity index (χ0n) is 19.6. The molecule has 0 aliphatic heterocycles. The molecular weight excluding hydrogens is 458 g/mol. The lowest BCUT2D eigenvalue weighted by atomic mass is 9.90. The summed E-state index contributed by atoms with van der Waals surface area (Å²) in [5, 5.41) is 13.0. The van der Waals surface area contributed by atoms with Gasteiger partial charge >= 0.3 is 12.3 Å². The molecule has 34 heavy (non-hydrogen) atoms. The number of benzene rings is 1. The zero-order valence-corrected chi connectivity index (χ0v) is 19.6. The highest BCUT2D eigenvalue weighted by Gasteiger charge is 2.56. The Balaban J connectivity index is 2.66. The number of amides is 1. The number of nitrogens with one attached hydrogen (secondary N) is 1. The molecule has 4 N–H and O–H groups in total. The predicted molar refractivity (Wildman–Crippen MR) is 119 cm³/mol. The fourth-order valence-electron chi connectivity index (χ4n) is 3.13. The molecule has 1 unspecified atom stereocenters. The first-order valence-electron chi connectivity index (χ1n) is 10.4. The lowest BCUT2D eigenvalue weighted by Crippen LogP contribution is -2.52. The molecule has 2 rings (SSSR count). The van der Waals surface area contributed by atoms with Crippen LogP contribution in [0.25, 0.3) is 11.1 Å². The number of nitrogens with two attached hydrogens (primary N) is 1. The van der Waals surface area contributed by atoms with Crippen molar-refractivity contribution in [2.45, 2.75) is 57.5 Å². The van der Waals surface area contributed by atoms with E-state index >= 15 is 0 Å². The standard InChI is InChI=1S/C23H29F4N3O4/c1-20(2,3)34-19(32)29-13-21(4,5)30-10-16(14-6-8-15(24)9-7-14)18(31)17(11-30)22(33,12-28)23(25,26)27/h6-11,33H,12-13,28H2,1-5H3,(H,29,32). The number of alkyl halides is 3. The Bertz CT molecular complexity index is 1090. The van der Waals surface area contributed by atoms with Crippen LogP contribution in [0.2, 0.25) is 0 Å². The van der Waals surface area contributed by atoms with Crippen LogP contribution in [0.5, 0.6) is 0 Å². The molecule has 188 valence electrons. The summed E-state index contributed by atoms with van der Waals surface area (Å²) in [7, 11) is 0. The normalized spacial score (nSPS) is 14.4. The minimum Gasteiger partial charge on any atom is -0.444 e. The van der Waals surface area contributed by atoms with E-state index in [9.17, 15) is 32.3 Å². The number of alkyl carbamates (subject to hydrolysis) is 1. The number of aromatic nitrogens is 1. The van der Waals surface area contributed by atoms with Gasteiger partial charge in [0.1, 0.15) is 11.4 Å². The Labute approximate surface area is 194 Å². The number of pyridine rings is 1. The molecule has 1 atom stereocenters. The summed E-state index contributed by atoms with van der Waals surface area (Å²) in [5.41, 5.74) is -2.37. The molecule has 0 aliphatic rings. The van der Waals surface area contributed by atoms with Gasteiger partial charge in [-0.2, -0.15) is 13.2 Å². The van der Waals surface area contributed by atoms with Crippen LogP contribution in [0.1, 0.15) is 40.2 Å². The monoisotopic (exact) mass is 487 g/mol. The smallest absolute Gasteiger partial charge is 0.422 e. The Kier molecular flexibility index (Phi) is 7.54. The van der Waals surface area contributed by atoms with Gasteiger partial charge < -0.3 is 25.5 Å². The first-order valence-corrected chi connectivity index (χ1v) is 10.4. The molecule has 11 heteroatoms. The number of halogens is 4. The summed E-state index contributed by atoms with van der Waals surface area (Å²) < 4.78 is 61.2. The van der Waals surface area contributed by atoms with E-state index in [0.717, 1.165) is 18.3 Å². The van der Waals surface area contributed by atoms with Crippen molar-refractivity contribution in [3.8, 4) is 11.1 Å². The van der Waals surface area contributed by atoms with E-state index in [-0.39, 0.29) is 17.7 Å². The van der Waals surface area contributed by atoms with Gasteiger partial charge in [-0.1, -0.05) is 12.1 Å². The van der Waals surface area contributed by atoms with E-state index < -0.39 is 52.4 Å². The van der Waals surface area contributed by atoms with E-state index in [1.807, 2.05) is 0 Å².